The molecule has 3 aromatic rings. The molecule has 10 heteroatoms. The molecule has 0 saturated carbocycles. The minimum atomic E-state index is -3.84. The molecule has 1 unspecified atom stereocenters. The van der Waals surface area contributed by atoms with Gasteiger partial charge in [-0.1, -0.05) is 5.21 Å². The van der Waals surface area contributed by atoms with Gasteiger partial charge in [0.2, 0.25) is 15.9 Å². The summed E-state index contributed by atoms with van der Waals surface area (Å²) in [5.41, 5.74) is 1.28. The lowest BCUT2D eigenvalue weighted by molar-refractivity contribution is -0.124. The molecular formula is C19H23N5O4S. The highest BCUT2D eigenvalue weighted by Crippen LogP contribution is 2.28. The van der Waals surface area contributed by atoms with Crippen LogP contribution in [0.4, 0.5) is 0 Å². The number of carbonyl (C=O) groups is 1. The van der Waals surface area contributed by atoms with Crippen LogP contribution in [0.25, 0.3) is 11.0 Å². The summed E-state index contributed by atoms with van der Waals surface area (Å²) in [5.74, 6) is 0.291. The number of aromatic nitrogens is 3. The molecule has 4 rings (SSSR count). The summed E-state index contributed by atoms with van der Waals surface area (Å²) in [4.78, 5) is 12.8. The Balaban J connectivity index is 1.56. The fourth-order valence-corrected chi connectivity index (χ4v) is 5.27. The van der Waals surface area contributed by atoms with E-state index in [1.54, 1.807) is 28.9 Å². The first-order valence-corrected chi connectivity index (χ1v) is 11.0. The lowest BCUT2D eigenvalue weighted by Gasteiger charge is -2.23. The minimum absolute atomic E-state index is 0.114. The molecule has 0 radical (unpaired) electrons. The average molecular weight is 417 g/mol. The van der Waals surface area contributed by atoms with E-state index in [2.05, 4.69) is 15.6 Å². The molecule has 1 atom stereocenters. The van der Waals surface area contributed by atoms with Crippen LogP contribution < -0.4 is 5.32 Å². The van der Waals surface area contributed by atoms with E-state index in [0.29, 0.717) is 30.7 Å². The van der Waals surface area contributed by atoms with Crippen LogP contribution in [0.2, 0.25) is 0 Å². The van der Waals surface area contributed by atoms with E-state index in [4.69, 9.17) is 4.42 Å². The second-order valence-corrected chi connectivity index (χ2v) is 9.24. The van der Waals surface area contributed by atoms with E-state index in [-0.39, 0.29) is 23.4 Å². The SMILES string of the molecule is CC(C)n1nnc2cc(S(=O)(=O)N3CCCC3C(=O)NCc3ccco3)ccc21. The van der Waals surface area contributed by atoms with E-state index < -0.39 is 16.1 Å². The highest BCUT2D eigenvalue weighted by Gasteiger charge is 2.39. The molecule has 9 nitrogen and oxygen atoms in total. The van der Waals surface area contributed by atoms with Crippen molar-refractivity contribution in [3.05, 3.63) is 42.4 Å². The second-order valence-electron chi connectivity index (χ2n) is 7.35. The molecule has 1 aromatic carbocycles. The number of rotatable bonds is 6. The molecule has 1 N–H and O–H groups in total. The van der Waals surface area contributed by atoms with Crippen LogP contribution >= 0.6 is 0 Å². The van der Waals surface area contributed by atoms with E-state index in [1.807, 2.05) is 13.8 Å². The number of furan rings is 1. The Morgan fingerprint density at radius 2 is 2.17 bits per heavy atom. The number of nitrogens with zero attached hydrogens (tertiary/aromatic N) is 4. The first-order valence-electron chi connectivity index (χ1n) is 9.55. The van der Waals surface area contributed by atoms with Gasteiger partial charge in [-0.3, -0.25) is 4.79 Å². The van der Waals surface area contributed by atoms with E-state index in [0.717, 1.165) is 5.52 Å². The maximum Gasteiger partial charge on any atom is 0.243 e. The van der Waals surface area contributed by atoms with Crippen molar-refractivity contribution < 1.29 is 17.6 Å². The first-order chi connectivity index (χ1) is 13.9. The van der Waals surface area contributed by atoms with Crippen molar-refractivity contribution in [3.8, 4) is 0 Å². The quantitative estimate of drug-likeness (QED) is 0.657. The zero-order valence-corrected chi connectivity index (χ0v) is 17.1. The van der Waals surface area contributed by atoms with Gasteiger partial charge in [-0.05, 0) is 57.0 Å². The summed E-state index contributed by atoms with van der Waals surface area (Å²) in [6.07, 6.45) is 2.64. The van der Waals surface area contributed by atoms with Crippen LogP contribution in [-0.2, 0) is 21.4 Å². The summed E-state index contributed by atoms with van der Waals surface area (Å²) >= 11 is 0. The molecule has 0 bridgehead atoms. The highest BCUT2D eigenvalue weighted by atomic mass is 32.2. The van der Waals surface area contributed by atoms with Crippen LogP contribution in [0.1, 0.15) is 38.5 Å². The van der Waals surface area contributed by atoms with Crippen LogP contribution in [0.5, 0.6) is 0 Å². The van der Waals surface area contributed by atoms with Crippen LogP contribution in [0.15, 0.2) is 45.9 Å². The van der Waals surface area contributed by atoms with Crippen molar-refractivity contribution in [3.63, 3.8) is 0 Å². The molecule has 3 heterocycles. The van der Waals surface area contributed by atoms with Crippen molar-refractivity contribution in [2.45, 2.75) is 50.2 Å². The molecule has 1 aliphatic rings. The third kappa shape index (κ3) is 3.65. The smallest absolute Gasteiger partial charge is 0.243 e. The van der Waals surface area contributed by atoms with Crippen molar-refractivity contribution in [2.24, 2.45) is 0 Å². The summed E-state index contributed by atoms with van der Waals surface area (Å²) < 4.78 is 34.7. The Bertz CT molecular complexity index is 1120. The van der Waals surface area contributed by atoms with Gasteiger partial charge in [0.15, 0.2) is 0 Å². The van der Waals surface area contributed by atoms with E-state index in [1.165, 1.54) is 16.6 Å². The number of hydrogen-bond donors (Lipinski definition) is 1. The molecule has 2 aromatic heterocycles. The first kappa shape index (κ1) is 19.6. The Labute approximate surface area is 168 Å². The van der Waals surface area contributed by atoms with Gasteiger partial charge in [-0.2, -0.15) is 4.31 Å². The zero-order chi connectivity index (χ0) is 20.6. The van der Waals surface area contributed by atoms with Crippen molar-refractivity contribution >= 4 is 27.0 Å². The monoisotopic (exact) mass is 417 g/mol. The molecule has 154 valence electrons. The van der Waals surface area contributed by atoms with Gasteiger partial charge in [0.05, 0.1) is 23.2 Å². The van der Waals surface area contributed by atoms with Gasteiger partial charge in [0.1, 0.15) is 17.3 Å². The van der Waals surface area contributed by atoms with Gasteiger partial charge in [0.25, 0.3) is 0 Å². The second kappa shape index (κ2) is 7.60. The van der Waals surface area contributed by atoms with Gasteiger partial charge in [-0.15, -0.1) is 5.10 Å². The number of amides is 1. The highest BCUT2D eigenvalue weighted by molar-refractivity contribution is 7.89. The minimum Gasteiger partial charge on any atom is -0.467 e. The van der Waals surface area contributed by atoms with Gasteiger partial charge < -0.3 is 9.73 Å². The third-order valence-electron chi connectivity index (χ3n) is 5.06. The van der Waals surface area contributed by atoms with Gasteiger partial charge in [-0.25, -0.2) is 13.1 Å². The zero-order valence-electron chi connectivity index (χ0n) is 16.3. The van der Waals surface area contributed by atoms with Crippen LogP contribution in [0.3, 0.4) is 0 Å². The van der Waals surface area contributed by atoms with E-state index in [9.17, 15) is 13.2 Å². The predicted molar refractivity (Wildman–Crippen MR) is 105 cm³/mol. The number of sulfonamides is 1. The molecule has 1 amide bonds. The van der Waals surface area contributed by atoms with Crippen LogP contribution in [-0.4, -0.2) is 46.2 Å². The van der Waals surface area contributed by atoms with Crippen LogP contribution in [0, 0.1) is 0 Å². The third-order valence-corrected chi connectivity index (χ3v) is 6.97. The number of hydrogen-bond acceptors (Lipinski definition) is 6. The van der Waals surface area contributed by atoms with Crippen molar-refractivity contribution in [2.75, 3.05) is 6.54 Å². The van der Waals surface area contributed by atoms with Crippen molar-refractivity contribution in [1.29, 1.82) is 0 Å². The molecule has 0 aliphatic carbocycles. The fourth-order valence-electron chi connectivity index (χ4n) is 3.59. The average Bonchev–Trinajstić information content (AvgIpc) is 3.45. The van der Waals surface area contributed by atoms with Gasteiger partial charge >= 0.3 is 0 Å². The number of fused-ring (bicyclic) bond motifs is 1. The standard InChI is InChI=1S/C19H23N5O4S/c1-13(2)24-17-8-7-15(11-16(17)21-22-24)29(26,27)23-9-3-6-18(23)19(25)20-12-14-5-4-10-28-14/h4-5,7-8,10-11,13,18H,3,6,9,12H2,1-2H3,(H,20,25). The predicted octanol–water partition coefficient (Wildman–Crippen LogP) is 2.07. The van der Waals surface area contributed by atoms with Crippen molar-refractivity contribution in [1.82, 2.24) is 24.6 Å². The molecule has 29 heavy (non-hydrogen) atoms. The summed E-state index contributed by atoms with van der Waals surface area (Å²) in [6.45, 7) is 4.49. The van der Waals surface area contributed by atoms with Gasteiger partial charge in [0, 0.05) is 12.6 Å². The Hall–Kier alpha value is -2.72. The lowest BCUT2D eigenvalue weighted by atomic mass is 10.2. The summed E-state index contributed by atoms with van der Waals surface area (Å²) in [7, 11) is -3.84. The molecule has 1 aliphatic heterocycles. The Morgan fingerprint density at radius 1 is 1.34 bits per heavy atom. The number of carbonyl (C=O) groups excluding carboxylic acids is 1. The normalized spacial score (nSPS) is 18.0. The Morgan fingerprint density at radius 3 is 2.90 bits per heavy atom. The topological polar surface area (TPSA) is 110 Å². The maximum absolute atomic E-state index is 13.2. The maximum atomic E-state index is 13.2. The molecule has 1 fully saturated rings. The van der Waals surface area contributed by atoms with E-state index >= 15 is 0 Å². The molecule has 0 spiro atoms. The summed E-state index contributed by atoms with van der Waals surface area (Å²) in [6, 6.07) is 7.65. The summed E-state index contributed by atoms with van der Waals surface area (Å²) in [5, 5.41) is 10.9. The fraction of sp³-hybridized carbons (Fsp3) is 0.421. The Kier molecular flexibility index (Phi) is 5.13. The number of nitrogens with one attached hydrogen (secondary N) is 1. The largest absolute Gasteiger partial charge is 0.467 e. The molecular weight excluding hydrogens is 394 g/mol. The number of benzene rings is 1. The lowest BCUT2D eigenvalue weighted by Crippen LogP contribution is -2.45. The molecule has 1 saturated heterocycles.